The Hall–Kier alpha value is -1.56. The van der Waals surface area contributed by atoms with Gasteiger partial charge in [0.05, 0.1) is 0 Å². The molecule has 22 heavy (non-hydrogen) atoms. The van der Waals surface area contributed by atoms with Crippen LogP contribution in [0.2, 0.25) is 0 Å². The van der Waals surface area contributed by atoms with Gasteiger partial charge in [-0.2, -0.15) is 0 Å². The molecule has 4 aliphatic carbocycles. The minimum atomic E-state index is 1.18. The number of rotatable bonds is 1. The Morgan fingerprint density at radius 1 is 0.409 bits per heavy atom. The molecule has 4 fully saturated rings. The van der Waals surface area contributed by atoms with Gasteiger partial charge in [-0.15, -0.1) is 0 Å². The van der Waals surface area contributed by atoms with E-state index in [1.807, 2.05) is 12.1 Å². The summed E-state index contributed by atoms with van der Waals surface area (Å²) < 4.78 is 0. The molecule has 4 aliphatic rings. The van der Waals surface area contributed by atoms with E-state index in [1.165, 1.54) is 34.8 Å². The van der Waals surface area contributed by atoms with Crippen molar-refractivity contribution in [2.45, 2.75) is 38.5 Å². The molecule has 4 saturated carbocycles. The molecule has 0 spiro atoms. The van der Waals surface area contributed by atoms with E-state index >= 15 is 0 Å². The summed E-state index contributed by atoms with van der Waals surface area (Å²) in [6, 6.07) is 20.8. The van der Waals surface area contributed by atoms with Crippen molar-refractivity contribution >= 4 is 0 Å². The maximum absolute atomic E-state index is 2.12. The predicted octanol–water partition coefficient (Wildman–Crippen LogP) is 6.19. The fraction of sp³-hybridized carbons (Fsp3) is 0.455. The molecule has 0 unspecified atom stereocenters. The fourth-order valence-electron chi connectivity index (χ4n) is 5.24. The second kappa shape index (κ2) is 6.28. The van der Waals surface area contributed by atoms with Crippen LogP contribution in [0.5, 0.6) is 0 Å². The molecule has 0 saturated heterocycles. The van der Waals surface area contributed by atoms with Crippen LogP contribution in [0, 0.1) is 23.7 Å². The fourth-order valence-corrected chi connectivity index (χ4v) is 5.24. The van der Waals surface area contributed by atoms with Crippen LogP contribution in [0.25, 0.3) is 11.1 Å². The van der Waals surface area contributed by atoms with Crippen LogP contribution in [0.3, 0.4) is 0 Å². The smallest absolute Gasteiger partial charge is 0.0184 e. The Labute approximate surface area is 134 Å². The molecular formula is C22H26. The van der Waals surface area contributed by atoms with E-state index in [0.717, 1.165) is 0 Å². The van der Waals surface area contributed by atoms with Gasteiger partial charge in [-0.05, 0) is 73.3 Å². The first-order valence-electron chi connectivity index (χ1n) is 8.97. The lowest BCUT2D eigenvalue weighted by atomic mass is 9.56. The first kappa shape index (κ1) is 14.1. The largest absolute Gasteiger partial charge is 0.0622 e. The molecule has 0 heterocycles. The summed E-state index contributed by atoms with van der Waals surface area (Å²) in [6.07, 6.45) is 9.62. The second-order valence-electron chi connectivity index (χ2n) is 7.61. The van der Waals surface area contributed by atoms with Gasteiger partial charge in [0.1, 0.15) is 0 Å². The van der Waals surface area contributed by atoms with Gasteiger partial charge in [0.2, 0.25) is 0 Å². The summed E-state index contributed by atoms with van der Waals surface area (Å²) in [5, 5.41) is 0. The molecule has 114 valence electrons. The van der Waals surface area contributed by atoms with Gasteiger partial charge >= 0.3 is 0 Å². The van der Waals surface area contributed by atoms with E-state index in [0.29, 0.717) is 0 Å². The van der Waals surface area contributed by atoms with Crippen LogP contribution in [-0.4, -0.2) is 0 Å². The van der Waals surface area contributed by atoms with Crippen molar-refractivity contribution in [1.29, 1.82) is 0 Å². The highest BCUT2D eigenvalue weighted by atomic mass is 14.5. The molecule has 0 radical (unpaired) electrons. The van der Waals surface area contributed by atoms with Crippen LogP contribution in [0.1, 0.15) is 38.5 Å². The lowest BCUT2D eigenvalue weighted by molar-refractivity contribution is 0.0198. The number of hydrogen-bond acceptors (Lipinski definition) is 0. The molecule has 0 amide bonds. The molecule has 0 atom stereocenters. The Kier molecular flexibility index (Phi) is 4.01. The maximum Gasteiger partial charge on any atom is -0.0184 e. The van der Waals surface area contributed by atoms with Crippen molar-refractivity contribution in [2.75, 3.05) is 0 Å². The Balaban J connectivity index is 0.000000115. The average molecular weight is 290 g/mol. The summed E-state index contributed by atoms with van der Waals surface area (Å²) in [7, 11) is 0. The van der Waals surface area contributed by atoms with Crippen molar-refractivity contribution in [1.82, 2.24) is 0 Å². The Morgan fingerprint density at radius 3 is 0.955 bits per heavy atom. The minimum absolute atomic E-state index is 1.18. The monoisotopic (exact) mass is 290 g/mol. The van der Waals surface area contributed by atoms with Gasteiger partial charge in [-0.1, -0.05) is 60.7 Å². The molecule has 0 nitrogen and oxygen atoms in total. The van der Waals surface area contributed by atoms with Crippen molar-refractivity contribution in [3.05, 3.63) is 60.7 Å². The van der Waals surface area contributed by atoms with E-state index in [4.69, 9.17) is 0 Å². The summed E-state index contributed by atoms with van der Waals surface area (Å²) in [6.45, 7) is 0. The van der Waals surface area contributed by atoms with Gasteiger partial charge in [0.15, 0.2) is 0 Å². The maximum atomic E-state index is 2.12. The Bertz CT molecular complexity index is 490. The van der Waals surface area contributed by atoms with E-state index in [-0.39, 0.29) is 0 Å². The minimum Gasteiger partial charge on any atom is -0.0622 e. The van der Waals surface area contributed by atoms with Crippen molar-refractivity contribution in [3.63, 3.8) is 0 Å². The van der Waals surface area contributed by atoms with Crippen molar-refractivity contribution in [2.24, 2.45) is 23.7 Å². The normalized spacial score (nSPS) is 31.5. The summed E-state index contributed by atoms with van der Waals surface area (Å²) >= 11 is 0. The van der Waals surface area contributed by atoms with Crippen LogP contribution in [0.15, 0.2) is 60.7 Å². The summed E-state index contributed by atoms with van der Waals surface area (Å²) in [5.41, 5.74) is 2.55. The van der Waals surface area contributed by atoms with E-state index in [9.17, 15) is 0 Å². The van der Waals surface area contributed by atoms with Crippen LogP contribution in [0.4, 0.5) is 0 Å². The molecular weight excluding hydrogens is 264 g/mol. The van der Waals surface area contributed by atoms with Crippen LogP contribution in [-0.2, 0) is 0 Å². The van der Waals surface area contributed by atoms with E-state index in [2.05, 4.69) is 48.5 Å². The SMILES string of the molecule is C1C2CC3CC1CC(C2)C3.c1ccc(-c2ccccc2)cc1. The molecule has 0 aliphatic heterocycles. The van der Waals surface area contributed by atoms with Gasteiger partial charge < -0.3 is 0 Å². The lowest BCUT2D eigenvalue weighted by Crippen LogP contribution is -2.38. The summed E-state index contributed by atoms with van der Waals surface area (Å²) in [4.78, 5) is 0. The van der Waals surface area contributed by atoms with Gasteiger partial charge in [0.25, 0.3) is 0 Å². The van der Waals surface area contributed by atoms with Gasteiger partial charge in [-0.25, -0.2) is 0 Å². The zero-order valence-electron chi connectivity index (χ0n) is 13.3. The third kappa shape index (κ3) is 3.11. The zero-order valence-corrected chi connectivity index (χ0v) is 13.3. The average Bonchev–Trinajstić information content (AvgIpc) is 2.56. The van der Waals surface area contributed by atoms with Crippen molar-refractivity contribution in [3.8, 4) is 11.1 Å². The van der Waals surface area contributed by atoms with E-state index in [1.54, 1.807) is 38.5 Å². The topological polar surface area (TPSA) is 0 Å². The summed E-state index contributed by atoms with van der Waals surface area (Å²) in [5.74, 6) is 4.71. The highest BCUT2D eigenvalue weighted by Gasteiger charge is 2.41. The highest BCUT2D eigenvalue weighted by molar-refractivity contribution is 5.62. The van der Waals surface area contributed by atoms with Gasteiger partial charge in [-0.3, -0.25) is 0 Å². The van der Waals surface area contributed by atoms with Gasteiger partial charge in [0, 0.05) is 0 Å². The Morgan fingerprint density at radius 2 is 0.682 bits per heavy atom. The quantitative estimate of drug-likeness (QED) is 0.587. The highest BCUT2D eigenvalue weighted by Crippen LogP contribution is 2.53. The molecule has 2 aromatic carbocycles. The molecule has 4 bridgehead atoms. The van der Waals surface area contributed by atoms with Crippen LogP contribution >= 0.6 is 0 Å². The molecule has 0 N–H and O–H groups in total. The molecule has 2 aromatic rings. The number of hydrogen-bond donors (Lipinski definition) is 0. The van der Waals surface area contributed by atoms with E-state index < -0.39 is 0 Å². The van der Waals surface area contributed by atoms with Crippen LogP contribution < -0.4 is 0 Å². The third-order valence-electron chi connectivity index (χ3n) is 5.88. The first-order valence-corrected chi connectivity index (χ1v) is 8.97. The standard InChI is InChI=1S/C12H10.C10H16/c1-3-7-11(8-4-1)12-9-5-2-6-10-12;1-7-2-9-4-8(1)5-10(3-7)6-9/h1-10H;7-10H,1-6H2. The number of benzene rings is 2. The zero-order chi connectivity index (χ0) is 14.8. The lowest BCUT2D eigenvalue weighted by Gasteiger charge is -2.49. The first-order chi connectivity index (χ1) is 10.9. The second-order valence-corrected chi connectivity index (χ2v) is 7.61. The molecule has 0 heteroatoms. The van der Waals surface area contributed by atoms with Crippen molar-refractivity contribution < 1.29 is 0 Å². The predicted molar refractivity (Wildman–Crippen MR) is 93.5 cm³/mol. The molecule has 0 aromatic heterocycles. The molecule has 6 rings (SSSR count). The third-order valence-corrected chi connectivity index (χ3v) is 5.88.